The fourth-order valence-corrected chi connectivity index (χ4v) is 2.47. The van der Waals surface area contributed by atoms with Crippen LogP contribution in [0, 0.1) is 0 Å². The van der Waals surface area contributed by atoms with E-state index in [9.17, 15) is 13.2 Å². The van der Waals surface area contributed by atoms with E-state index in [-0.39, 0.29) is 6.42 Å². The van der Waals surface area contributed by atoms with Gasteiger partial charge in [0, 0.05) is 23.5 Å². The highest BCUT2D eigenvalue weighted by atomic mass is 32.2. The van der Waals surface area contributed by atoms with Crippen LogP contribution in [0.25, 0.3) is 10.9 Å². The molecule has 2 rings (SSSR count). The standard InChI is InChI=1S/C11H11NO5S/c13-11(14)10(18(15,16)17)5-7-6-12-9-4-2-1-3-8(7)9/h1-4,6,10,12H,5H2,(H,13,14)(H,15,16,17). The number of nitrogens with one attached hydrogen (secondary N) is 1. The molecule has 7 heteroatoms. The third-order valence-electron chi connectivity index (χ3n) is 2.72. The smallest absolute Gasteiger partial charge is 0.324 e. The summed E-state index contributed by atoms with van der Waals surface area (Å²) in [6, 6.07) is 7.12. The fraction of sp³-hybridized carbons (Fsp3) is 0.182. The van der Waals surface area contributed by atoms with E-state index in [0.29, 0.717) is 5.56 Å². The molecule has 18 heavy (non-hydrogen) atoms. The molecule has 0 radical (unpaired) electrons. The quantitative estimate of drug-likeness (QED) is 0.719. The normalized spacial score (nSPS) is 13.6. The number of hydrogen-bond acceptors (Lipinski definition) is 3. The molecule has 96 valence electrons. The molecule has 0 aliphatic heterocycles. The van der Waals surface area contributed by atoms with Gasteiger partial charge in [-0.3, -0.25) is 9.35 Å². The zero-order valence-electron chi connectivity index (χ0n) is 9.20. The number of carbonyl (C=O) groups is 1. The van der Waals surface area contributed by atoms with Crippen LogP contribution in [0.5, 0.6) is 0 Å². The van der Waals surface area contributed by atoms with Gasteiger partial charge < -0.3 is 10.1 Å². The molecule has 0 aliphatic carbocycles. The highest BCUT2D eigenvalue weighted by molar-refractivity contribution is 7.87. The zero-order chi connectivity index (χ0) is 13.3. The van der Waals surface area contributed by atoms with Crippen molar-refractivity contribution in [2.45, 2.75) is 11.7 Å². The molecule has 1 aromatic heterocycles. The number of aromatic amines is 1. The van der Waals surface area contributed by atoms with Gasteiger partial charge in [0.15, 0.2) is 5.25 Å². The lowest BCUT2D eigenvalue weighted by atomic mass is 10.1. The van der Waals surface area contributed by atoms with Gasteiger partial charge in [0.05, 0.1) is 0 Å². The molecule has 0 fully saturated rings. The Kier molecular flexibility index (Phi) is 3.10. The van der Waals surface area contributed by atoms with Gasteiger partial charge in [0.1, 0.15) is 0 Å². The maximum Gasteiger partial charge on any atom is 0.324 e. The van der Waals surface area contributed by atoms with Crippen molar-refractivity contribution in [3.8, 4) is 0 Å². The van der Waals surface area contributed by atoms with E-state index in [2.05, 4.69) is 4.98 Å². The Morgan fingerprint density at radius 3 is 2.61 bits per heavy atom. The summed E-state index contributed by atoms with van der Waals surface area (Å²) in [5.41, 5.74) is 1.32. The summed E-state index contributed by atoms with van der Waals surface area (Å²) in [6.07, 6.45) is 1.27. The molecule has 1 atom stereocenters. The third-order valence-corrected chi connectivity index (χ3v) is 3.80. The summed E-state index contributed by atoms with van der Waals surface area (Å²) < 4.78 is 30.9. The number of para-hydroxylation sites is 1. The second-order valence-corrected chi connectivity index (χ2v) is 5.50. The van der Waals surface area contributed by atoms with E-state index in [1.807, 2.05) is 0 Å². The zero-order valence-corrected chi connectivity index (χ0v) is 10.0. The van der Waals surface area contributed by atoms with Crippen LogP contribution < -0.4 is 0 Å². The van der Waals surface area contributed by atoms with Gasteiger partial charge in [-0.25, -0.2) is 0 Å². The summed E-state index contributed by atoms with van der Waals surface area (Å²) in [5, 5.41) is 7.72. The molecule has 0 amide bonds. The molecule has 1 aromatic carbocycles. The predicted molar refractivity (Wildman–Crippen MR) is 65.0 cm³/mol. The average molecular weight is 269 g/mol. The molecule has 0 bridgehead atoms. The summed E-state index contributed by atoms with van der Waals surface area (Å²) in [5.74, 6) is -1.57. The average Bonchev–Trinajstić information content (AvgIpc) is 2.67. The van der Waals surface area contributed by atoms with Crippen molar-refractivity contribution in [2.24, 2.45) is 0 Å². The molecular weight excluding hydrogens is 258 g/mol. The molecule has 1 unspecified atom stereocenters. The van der Waals surface area contributed by atoms with Gasteiger partial charge >= 0.3 is 5.97 Å². The van der Waals surface area contributed by atoms with Crippen LogP contribution >= 0.6 is 0 Å². The minimum Gasteiger partial charge on any atom is -0.480 e. The largest absolute Gasteiger partial charge is 0.480 e. The molecule has 2 aromatic rings. The number of rotatable bonds is 4. The molecular formula is C11H11NO5S. The Hall–Kier alpha value is -1.86. The SMILES string of the molecule is O=C(O)C(Cc1c[nH]c2ccccc12)S(=O)(=O)O. The van der Waals surface area contributed by atoms with Gasteiger partial charge in [-0.15, -0.1) is 0 Å². The first-order valence-electron chi connectivity index (χ1n) is 5.13. The number of carboxylic acids is 1. The molecule has 0 spiro atoms. The first-order valence-corrected chi connectivity index (χ1v) is 6.64. The summed E-state index contributed by atoms with van der Waals surface area (Å²) in [6.45, 7) is 0. The Labute approximate surface area is 103 Å². The van der Waals surface area contributed by atoms with Gasteiger partial charge in [-0.05, 0) is 11.6 Å². The molecule has 0 aliphatic rings. The van der Waals surface area contributed by atoms with Gasteiger partial charge in [-0.1, -0.05) is 18.2 Å². The van der Waals surface area contributed by atoms with Crippen molar-refractivity contribution in [3.63, 3.8) is 0 Å². The topological polar surface area (TPSA) is 107 Å². The Balaban J connectivity index is 2.41. The Bertz CT molecular complexity index is 688. The van der Waals surface area contributed by atoms with Crippen molar-refractivity contribution >= 4 is 27.0 Å². The molecule has 6 nitrogen and oxygen atoms in total. The van der Waals surface area contributed by atoms with Crippen LogP contribution in [-0.4, -0.2) is 34.3 Å². The minimum atomic E-state index is -4.62. The van der Waals surface area contributed by atoms with Crippen molar-refractivity contribution in [3.05, 3.63) is 36.0 Å². The number of aliphatic carboxylic acids is 1. The van der Waals surface area contributed by atoms with Crippen LogP contribution in [0.15, 0.2) is 30.5 Å². The number of H-pyrrole nitrogens is 1. The van der Waals surface area contributed by atoms with Crippen molar-refractivity contribution in [2.75, 3.05) is 0 Å². The van der Waals surface area contributed by atoms with E-state index in [1.165, 1.54) is 0 Å². The number of fused-ring (bicyclic) bond motifs is 1. The number of aromatic nitrogens is 1. The Morgan fingerprint density at radius 2 is 2.00 bits per heavy atom. The third kappa shape index (κ3) is 2.36. The van der Waals surface area contributed by atoms with E-state index < -0.39 is 21.3 Å². The first kappa shape index (κ1) is 12.6. The monoisotopic (exact) mass is 269 g/mol. The molecule has 0 saturated heterocycles. The second kappa shape index (κ2) is 4.43. The van der Waals surface area contributed by atoms with Gasteiger partial charge in [0.2, 0.25) is 0 Å². The molecule has 1 heterocycles. The maximum absolute atomic E-state index is 11.0. The highest BCUT2D eigenvalue weighted by Gasteiger charge is 2.31. The number of hydrogen-bond donors (Lipinski definition) is 3. The summed E-state index contributed by atoms with van der Waals surface area (Å²) in [7, 11) is -4.62. The van der Waals surface area contributed by atoms with E-state index in [4.69, 9.17) is 9.66 Å². The highest BCUT2D eigenvalue weighted by Crippen LogP contribution is 2.20. The predicted octanol–water partition coefficient (Wildman–Crippen LogP) is 1.05. The fourth-order valence-electron chi connectivity index (χ4n) is 1.82. The summed E-state index contributed by atoms with van der Waals surface area (Å²) >= 11 is 0. The molecule has 0 saturated carbocycles. The van der Waals surface area contributed by atoms with Crippen molar-refractivity contribution < 1.29 is 22.9 Å². The first-order chi connectivity index (χ1) is 8.39. The van der Waals surface area contributed by atoms with E-state index >= 15 is 0 Å². The maximum atomic E-state index is 11.0. The minimum absolute atomic E-state index is 0.280. The van der Waals surface area contributed by atoms with Crippen molar-refractivity contribution in [1.29, 1.82) is 0 Å². The van der Waals surface area contributed by atoms with Crippen molar-refractivity contribution in [1.82, 2.24) is 4.98 Å². The van der Waals surface area contributed by atoms with Gasteiger partial charge in [0.25, 0.3) is 10.1 Å². The van der Waals surface area contributed by atoms with Crippen LogP contribution in [0.4, 0.5) is 0 Å². The lowest BCUT2D eigenvalue weighted by Crippen LogP contribution is -2.31. The van der Waals surface area contributed by atoms with Crippen LogP contribution in [0.2, 0.25) is 0 Å². The van der Waals surface area contributed by atoms with E-state index in [1.54, 1.807) is 30.5 Å². The summed E-state index contributed by atoms with van der Waals surface area (Å²) in [4.78, 5) is 13.8. The second-order valence-electron chi connectivity index (χ2n) is 3.91. The van der Waals surface area contributed by atoms with Crippen LogP contribution in [0.3, 0.4) is 0 Å². The van der Waals surface area contributed by atoms with E-state index in [0.717, 1.165) is 10.9 Å². The lowest BCUT2D eigenvalue weighted by molar-refractivity contribution is -0.136. The Morgan fingerprint density at radius 1 is 1.33 bits per heavy atom. The lowest BCUT2D eigenvalue weighted by Gasteiger charge is -2.07. The number of carboxylic acid groups (broad SMARTS) is 1. The van der Waals surface area contributed by atoms with Crippen LogP contribution in [-0.2, 0) is 21.3 Å². The molecule has 3 N–H and O–H groups in total. The van der Waals surface area contributed by atoms with Gasteiger partial charge in [-0.2, -0.15) is 8.42 Å². The number of benzene rings is 1. The van der Waals surface area contributed by atoms with Crippen LogP contribution in [0.1, 0.15) is 5.56 Å².